The molecule has 6 heteroatoms. The van der Waals surface area contributed by atoms with Gasteiger partial charge in [0.25, 0.3) is 0 Å². The summed E-state index contributed by atoms with van der Waals surface area (Å²) in [6, 6.07) is 0. The van der Waals surface area contributed by atoms with Gasteiger partial charge in [-0.25, -0.2) is 9.97 Å². The molecule has 78 valence electrons. The van der Waals surface area contributed by atoms with Gasteiger partial charge in [0.05, 0.1) is 6.10 Å². The fourth-order valence-corrected chi connectivity index (χ4v) is 1.25. The number of nitrogens with zero attached hydrogens (tertiary/aromatic N) is 2. The van der Waals surface area contributed by atoms with Crippen LogP contribution in [0.2, 0.25) is 0 Å². The van der Waals surface area contributed by atoms with Crippen molar-refractivity contribution in [2.24, 2.45) is 5.73 Å². The molecule has 4 N–H and O–H groups in total. The molecular formula is C8H13N3O2S. The molecule has 0 bridgehead atoms. The Bertz CT molecular complexity index is 280. The highest BCUT2D eigenvalue weighted by Crippen LogP contribution is 2.16. The maximum atomic E-state index is 9.54. The normalized spacial score (nSPS) is 15.1. The van der Waals surface area contributed by atoms with Crippen molar-refractivity contribution in [1.82, 2.24) is 9.97 Å². The highest BCUT2D eigenvalue weighted by molar-refractivity contribution is 7.98. The molecule has 2 atom stereocenters. The minimum absolute atomic E-state index is 0.00540. The minimum atomic E-state index is -1.02. The number of aliphatic hydroxyl groups is 2. The van der Waals surface area contributed by atoms with Gasteiger partial charge in [-0.05, 0) is 6.26 Å². The summed E-state index contributed by atoms with van der Waals surface area (Å²) < 4.78 is 0. The van der Waals surface area contributed by atoms with Crippen LogP contribution in [0.25, 0.3) is 0 Å². The Morgan fingerprint density at radius 2 is 2.00 bits per heavy atom. The summed E-state index contributed by atoms with van der Waals surface area (Å²) in [5.74, 6) is 0. The molecule has 0 fully saturated rings. The predicted octanol–water partition coefficient (Wildman–Crippen LogP) is -0.449. The molecule has 1 rings (SSSR count). The second kappa shape index (κ2) is 5.26. The fraction of sp³-hybridized carbons (Fsp3) is 0.500. The molecule has 0 aliphatic rings. The molecule has 0 aliphatic heterocycles. The zero-order valence-electron chi connectivity index (χ0n) is 7.79. The van der Waals surface area contributed by atoms with Crippen LogP contribution in [0.4, 0.5) is 0 Å². The van der Waals surface area contributed by atoms with Crippen LogP contribution in [0.1, 0.15) is 11.7 Å². The average molecular weight is 215 g/mol. The number of aromatic nitrogens is 2. The number of nitrogens with two attached hydrogens (primary N) is 1. The average Bonchev–Trinajstić information content (AvgIpc) is 2.27. The summed E-state index contributed by atoms with van der Waals surface area (Å²) in [6.45, 7) is 0.00540. The van der Waals surface area contributed by atoms with Crippen LogP contribution in [0.5, 0.6) is 0 Å². The van der Waals surface area contributed by atoms with E-state index < -0.39 is 12.2 Å². The Hall–Kier alpha value is -0.690. The Kier molecular flexibility index (Phi) is 4.27. The summed E-state index contributed by atoms with van der Waals surface area (Å²) in [6.07, 6.45) is 2.85. The van der Waals surface area contributed by atoms with Gasteiger partial charge in [-0.2, -0.15) is 0 Å². The molecule has 1 aromatic rings. The van der Waals surface area contributed by atoms with Gasteiger partial charge in [-0.1, -0.05) is 11.8 Å². The zero-order chi connectivity index (χ0) is 10.6. The van der Waals surface area contributed by atoms with Crippen LogP contribution in [0.3, 0.4) is 0 Å². The third kappa shape index (κ3) is 2.65. The number of thioether (sulfide) groups is 1. The molecule has 0 aromatic carbocycles. The molecule has 5 nitrogen and oxygen atoms in total. The third-order valence-electron chi connectivity index (χ3n) is 1.78. The molecule has 1 heterocycles. The van der Waals surface area contributed by atoms with Gasteiger partial charge in [-0.3, -0.25) is 0 Å². The summed E-state index contributed by atoms with van der Waals surface area (Å²) in [7, 11) is 0. The molecule has 0 saturated heterocycles. The van der Waals surface area contributed by atoms with Gasteiger partial charge >= 0.3 is 0 Å². The van der Waals surface area contributed by atoms with Crippen LogP contribution >= 0.6 is 11.8 Å². The van der Waals surface area contributed by atoms with Gasteiger partial charge in [0.15, 0.2) is 5.16 Å². The number of rotatable bonds is 4. The molecule has 0 radical (unpaired) electrons. The van der Waals surface area contributed by atoms with Crippen molar-refractivity contribution >= 4 is 11.8 Å². The number of hydrogen-bond donors (Lipinski definition) is 3. The smallest absolute Gasteiger partial charge is 0.187 e. The summed E-state index contributed by atoms with van der Waals surface area (Å²) in [4.78, 5) is 7.95. The maximum absolute atomic E-state index is 9.54. The molecule has 2 unspecified atom stereocenters. The second-order valence-corrected chi connectivity index (χ2v) is 3.52. The van der Waals surface area contributed by atoms with Crippen LogP contribution < -0.4 is 5.73 Å². The van der Waals surface area contributed by atoms with Gasteiger partial charge < -0.3 is 15.9 Å². The van der Waals surface area contributed by atoms with Gasteiger partial charge in [0.2, 0.25) is 0 Å². The lowest BCUT2D eigenvalue weighted by Crippen LogP contribution is -2.27. The van der Waals surface area contributed by atoms with Crippen molar-refractivity contribution in [1.29, 1.82) is 0 Å². The maximum Gasteiger partial charge on any atom is 0.187 e. The molecular weight excluding hydrogens is 202 g/mol. The van der Waals surface area contributed by atoms with E-state index in [0.717, 1.165) is 0 Å². The Morgan fingerprint density at radius 3 is 2.43 bits per heavy atom. The van der Waals surface area contributed by atoms with E-state index in [1.54, 1.807) is 0 Å². The third-order valence-corrected chi connectivity index (χ3v) is 2.35. The van der Waals surface area contributed by atoms with Crippen LogP contribution in [0, 0.1) is 0 Å². The lowest BCUT2D eigenvalue weighted by Gasteiger charge is -2.15. The first-order valence-electron chi connectivity index (χ1n) is 4.11. The van der Waals surface area contributed by atoms with E-state index in [2.05, 4.69) is 9.97 Å². The van der Waals surface area contributed by atoms with E-state index in [0.29, 0.717) is 10.7 Å². The molecule has 0 saturated carbocycles. The van der Waals surface area contributed by atoms with Gasteiger partial charge in [-0.15, -0.1) is 0 Å². The second-order valence-electron chi connectivity index (χ2n) is 2.75. The SMILES string of the molecule is CSc1ncc(C(O)C(O)CN)cn1. The van der Waals surface area contributed by atoms with Gasteiger partial charge in [0, 0.05) is 24.5 Å². The van der Waals surface area contributed by atoms with E-state index in [9.17, 15) is 10.2 Å². The lowest BCUT2D eigenvalue weighted by atomic mass is 10.1. The lowest BCUT2D eigenvalue weighted by molar-refractivity contribution is 0.0238. The molecule has 0 spiro atoms. The van der Waals surface area contributed by atoms with E-state index in [-0.39, 0.29) is 6.54 Å². The van der Waals surface area contributed by atoms with E-state index in [1.165, 1.54) is 24.2 Å². The minimum Gasteiger partial charge on any atom is -0.389 e. The number of hydrogen-bond acceptors (Lipinski definition) is 6. The topological polar surface area (TPSA) is 92.3 Å². The highest BCUT2D eigenvalue weighted by atomic mass is 32.2. The molecule has 0 amide bonds. The van der Waals surface area contributed by atoms with Crippen LogP contribution in [-0.4, -0.2) is 39.1 Å². The Balaban J connectivity index is 2.75. The molecule has 0 aliphatic carbocycles. The standard InChI is InChI=1S/C8H13N3O2S/c1-14-8-10-3-5(4-11-8)7(13)6(12)2-9/h3-4,6-7,12-13H,2,9H2,1H3. The highest BCUT2D eigenvalue weighted by Gasteiger charge is 2.17. The molecule has 1 aromatic heterocycles. The first kappa shape index (κ1) is 11.4. The van der Waals surface area contributed by atoms with Crippen molar-refractivity contribution in [3.63, 3.8) is 0 Å². The van der Waals surface area contributed by atoms with E-state index in [4.69, 9.17) is 5.73 Å². The van der Waals surface area contributed by atoms with Crippen molar-refractivity contribution in [2.45, 2.75) is 17.4 Å². The van der Waals surface area contributed by atoms with Crippen molar-refractivity contribution < 1.29 is 10.2 Å². The van der Waals surface area contributed by atoms with Crippen LogP contribution in [-0.2, 0) is 0 Å². The summed E-state index contributed by atoms with van der Waals surface area (Å²) in [5, 5.41) is 19.4. The van der Waals surface area contributed by atoms with Crippen molar-refractivity contribution in [3.8, 4) is 0 Å². The predicted molar refractivity (Wildman–Crippen MR) is 53.8 cm³/mol. The summed E-state index contributed by atoms with van der Waals surface area (Å²) >= 11 is 1.41. The van der Waals surface area contributed by atoms with E-state index in [1.807, 2.05) is 6.26 Å². The van der Waals surface area contributed by atoms with Crippen molar-refractivity contribution in [3.05, 3.63) is 18.0 Å². The Labute approximate surface area is 86.4 Å². The van der Waals surface area contributed by atoms with Gasteiger partial charge in [0.1, 0.15) is 6.10 Å². The monoisotopic (exact) mass is 215 g/mol. The first-order valence-corrected chi connectivity index (χ1v) is 5.33. The van der Waals surface area contributed by atoms with Crippen LogP contribution in [0.15, 0.2) is 17.6 Å². The van der Waals surface area contributed by atoms with Crippen molar-refractivity contribution in [2.75, 3.05) is 12.8 Å². The van der Waals surface area contributed by atoms with E-state index >= 15 is 0 Å². The largest absolute Gasteiger partial charge is 0.389 e. The quantitative estimate of drug-likeness (QED) is 0.465. The zero-order valence-corrected chi connectivity index (χ0v) is 8.61. The Morgan fingerprint density at radius 1 is 1.43 bits per heavy atom. The molecule has 14 heavy (non-hydrogen) atoms. The number of aliphatic hydroxyl groups excluding tert-OH is 2. The summed E-state index contributed by atoms with van der Waals surface area (Å²) in [5.41, 5.74) is 5.68. The fourth-order valence-electron chi connectivity index (χ4n) is 0.935. The first-order chi connectivity index (χ1) is 6.69.